The molecule has 6 heteroatoms. The maximum absolute atomic E-state index is 12.5. The van der Waals surface area contributed by atoms with Gasteiger partial charge < -0.3 is 19.1 Å². The van der Waals surface area contributed by atoms with Gasteiger partial charge in [0.15, 0.2) is 6.10 Å². The highest BCUT2D eigenvalue weighted by molar-refractivity contribution is 5.97. The average molecular weight is 335 g/mol. The van der Waals surface area contributed by atoms with Crippen molar-refractivity contribution in [1.29, 1.82) is 0 Å². The van der Waals surface area contributed by atoms with Crippen molar-refractivity contribution in [3.8, 4) is 11.5 Å². The van der Waals surface area contributed by atoms with Gasteiger partial charge in [0.1, 0.15) is 17.1 Å². The van der Waals surface area contributed by atoms with Gasteiger partial charge in [0.2, 0.25) is 0 Å². The van der Waals surface area contributed by atoms with E-state index in [1.165, 1.54) is 14.2 Å². The third-order valence-corrected chi connectivity index (χ3v) is 4.18. The van der Waals surface area contributed by atoms with Crippen LogP contribution in [-0.4, -0.2) is 50.2 Å². The van der Waals surface area contributed by atoms with Gasteiger partial charge in [-0.15, -0.1) is 0 Å². The zero-order chi connectivity index (χ0) is 17.5. The second kappa shape index (κ2) is 8.57. The number of amides is 1. The molecule has 0 spiro atoms. The van der Waals surface area contributed by atoms with E-state index >= 15 is 0 Å². The quantitative estimate of drug-likeness (QED) is 0.774. The Morgan fingerprint density at radius 1 is 1.00 bits per heavy atom. The first kappa shape index (κ1) is 18.1. The lowest BCUT2D eigenvalue weighted by Crippen LogP contribution is -2.40. The van der Waals surface area contributed by atoms with Gasteiger partial charge in [0, 0.05) is 13.1 Å². The lowest BCUT2D eigenvalue weighted by Gasteiger charge is -2.24. The zero-order valence-corrected chi connectivity index (χ0v) is 14.5. The molecule has 1 atom stereocenters. The fourth-order valence-electron chi connectivity index (χ4n) is 2.87. The summed E-state index contributed by atoms with van der Waals surface area (Å²) in [5, 5.41) is 0. The van der Waals surface area contributed by atoms with Crippen molar-refractivity contribution in [2.75, 3.05) is 27.3 Å². The number of methoxy groups -OCH3 is 2. The Morgan fingerprint density at radius 2 is 1.54 bits per heavy atom. The predicted octanol–water partition coefficient (Wildman–Crippen LogP) is 2.65. The molecule has 1 amide bonds. The molecule has 1 saturated heterocycles. The van der Waals surface area contributed by atoms with Crippen LogP contribution >= 0.6 is 0 Å². The van der Waals surface area contributed by atoms with Crippen LogP contribution in [0.3, 0.4) is 0 Å². The molecule has 6 nitrogen and oxygen atoms in total. The molecule has 1 aromatic rings. The highest BCUT2D eigenvalue weighted by Crippen LogP contribution is 2.29. The average Bonchev–Trinajstić information content (AvgIpc) is 2.89. The zero-order valence-electron chi connectivity index (χ0n) is 14.5. The van der Waals surface area contributed by atoms with Crippen molar-refractivity contribution in [2.45, 2.75) is 38.7 Å². The Kier molecular flexibility index (Phi) is 6.46. The minimum absolute atomic E-state index is 0.154. The number of nitrogens with zero attached hydrogens (tertiary/aromatic N) is 1. The van der Waals surface area contributed by atoms with Gasteiger partial charge in [-0.05, 0) is 31.9 Å². The van der Waals surface area contributed by atoms with Crippen molar-refractivity contribution >= 4 is 11.9 Å². The molecule has 1 aromatic carbocycles. The molecule has 1 fully saturated rings. The number of ether oxygens (including phenoxy) is 3. The van der Waals surface area contributed by atoms with Gasteiger partial charge in [-0.1, -0.05) is 18.9 Å². The third kappa shape index (κ3) is 4.19. The van der Waals surface area contributed by atoms with Gasteiger partial charge in [0.25, 0.3) is 5.91 Å². The molecule has 1 heterocycles. The van der Waals surface area contributed by atoms with Crippen LogP contribution in [0.5, 0.6) is 11.5 Å². The van der Waals surface area contributed by atoms with Crippen molar-refractivity contribution in [1.82, 2.24) is 4.90 Å². The van der Waals surface area contributed by atoms with Gasteiger partial charge in [-0.25, -0.2) is 4.79 Å². The monoisotopic (exact) mass is 335 g/mol. The van der Waals surface area contributed by atoms with Crippen LogP contribution in [0.1, 0.15) is 43.0 Å². The smallest absolute Gasteiger partial charge is 0.346 e. The maximum Gasteiger partial charge on any atom is 0.346 e. The maximum atomic E-state index is 12.5. The molecular formula is C18H25NO5. The highest BCUT2D eigenvalue weighted by Gasteiger charge is 2.27. The molecule has 0 saturated carbocycles. The van der Waals surface area contributed by atoms with Crippen LogP contribution in [0.4, 0.5) is 0 Å². The van der Waals surface area contributed by atoms with Crippen LogP contribution < -0.4 is 9.47 Å². The molecule has 1 aliphatic heterocycles. The number of likely N-dealkylation sites (tertiary alicyclic amines) is 1. The summed E-state index contributed by atoms with van der Waals surface area (Å²) >= 11 is 0. The van der Waals surface area contributed by atoms with Crippen molar-refractivity contribution in [3.63, 3.8) is 0 Å². The summed E-state index contributed by atoms with van der Waals surface area (Å²) in [6.07, 6.45) is 3.41. The van der Waals surface area contributed by atoms with Crippen molar-refractivity contribution < 1.29 is 23.8 Å². The van der Waals surface area contributed by atoms with Crippen LogP contribution in [0.2, 0.25) is 0 Å². The molecule has 0 aliphatic carbocycles. The lowest BCUT2D eigenvalue weighted by atomic mass is 10.1. The normalized spacial score (nSPS) is 16.0. The second-order valence-corrected chi connectivity index (χ2v) is 5.82. The summed E-state index contributed by atoms with van der Waals surface area (Å²) in [6, 6.07) is 5.03. The molecule has 0 aromatic heterocycles. The molecule has 2 rings (SSSR count). The summed E-state index contributed by atoms with van der Waals surface area (Å²) in [5.41, 5.74) is 0.193. The standard InChI is InChI=1S/C18H25NO5/c1-13(17(20)19-11-6-4-5-7-12-19)24-18(21)16-14(22-2)9-8-10-15(16)23-3/h8-10,13H,4-7,11-12H2,1-3H3. The fraction of sp³-hybridized carbons (Fsp3) is 0.556. The highest BCUT2D eigenvalue weighted by atomic mass is 16.6. The lowest BCUT2D eigenvalue weighted by molar-refractivity contribution is -0.139. The Balaban J connectivity index is 2.09. The van der Waals surface area contributed by atoms with Crippen LogP contribution in [0.15, 0.2) is 18.2 Å². The minimum Gasteiger partial charge on any atom is -0.496 e. The Morgan fingerprint density at radius 3 is 2.04 bits per heavy atom. The molecule has 132 valence electrons. The first-order valence-electron chi connectivity index (χ1n) is 8.29. The number of benzene rings is 1. The fourth-order valence-corrected chi connectivity index (χ4v) is 2.87. The summed E-state index contributed by atoms with van der Waals surface area (Å²) in [4.78, 5) is 26.8. The van der Waals surface area contributed by atoms with Gasteiger partial charge >= 0.3 is 5.97 Å². The molecule has 0 bridgehead atoms. The van der Waals surface area contributed by atoms with E-state index in [0.29, 0.717) is 11.5 Å². The molecule has 0 N–H and O–H groups in total. The number of hydrogen-bond acceptors (Lipinski definition) is 5. The first-order chi connectivity index (χ1) is 11.6. The van der Waals surface area contributed by atoms with E-state index in [1.54, 1.807) is 30.0 Å². The van der Waals surface area contributed by atoms with Crippen LogP contribution in [0.25, 0.3) is 0 Å². The van der Waals surface area contributed by atoms with Crippen LogP contribution in [0, 0.1) is 0 Å². The largest absolute Gasteiger partial charge is 0.496 e. The molecule has 1 aliphatic rings. The van der Waals surface area contributed by atoms with E-state index in [1.807, 2.05) is 0 Å². The van der Waals surface area contributed by atoms with Gasteiger partial charge in [-0.3, -0.25) is 4.79 Å². The minimum atomic E-state index is -0.842. The summed E-state index contributed by atoms with van der Waals surface area (Å²) in [6.45, 7) is 3.05. The van der Waals surface area contributed by atoms with E-state index in [4.69, 9.17) is 14.2 Å². The Bertz CT molecular complexity index is 557. The van der Waals surface area contributed by atoms with E-state index in [2.05, 4.69) is 0 Å². The van der Waals surface area contributed by atoms with Crippen molar-refractivity contribution in [2.24, 2.45) is 0 Å². The van der Waals surface area contributed by atoms with E-state index in [9.17, 15) is 9.59 Å². The number of hydrogen-bond donors (Lipinski definition) is 0. The Labute approximate surface area is 142 Å². The van der Waals surface area contributed by atoms with Crippen LogP contribution in [-0.2, 0) is 9.53 Å². The molecule has 24 heavy (non-hydrogen) atoms. The first-order valence-corrected chi connectivity index (χ1v) is 8.29. The number of esters is 1. The molecular weight excluding hydrogens is 310 g/mol. The summed E-state index contributed by atoms with van der Waals surface area (Å²) < 4.78 is 15.8. The van der Waals surface area contributed by atoms with E-state index in [-0.39, 0.29) is 11.5 Å². The van der Waals surface area contributed by atoms with E-state index < -0.39 is 12.1 Å². The van der Waals surface area contributed by atoms with Gasteiger partial charge in [0.05, 0.1) is 14.2 Å². The SMILES string of the molecule is COc1cccc(OC)c1C(=O)OC(C)C(=O)N1CCCCCC1. The summed E-state index contributed by atoms with van der Waals surface area (Å²) in [7, 11) is 2.94. The van der Waals surface area contributed by atoms with Crippen molar-refractivity contribution in [3.05, 3.63) is 23.8 Å². The predicted molar refractivity (Wildman–Crippen MR) is 89.5 cm³/mol. The second-order valence-electron chi connectivity index (χ2n) is 5.82. The van der Waals surface area contributed by atoms with Gasteiger partial charge in [-0.2, -0.15) is 0 Å². The third-order valence-electron chi connectivity index (χ3n) is 4.18. The number of carbonyl (C=O) groups is 2. The number of carbonyl (C=O) groups excluding carboxylic acids is 2. The molecule has 0 radical (unpaired) electrons. The Hall–Kier alpha value is -2.24. The number of rotatable bonds is 5. The van der Waals surface area contributed by atoms with E-state index in [0.717, 1.165) is 38.8 Å². The molecule has 1 unspecified atom stereocenters. The summed E-state index contributed by atoms with van der Waals surface area (Å²) in [5.74, 6) is -0.0679. The topological polar surface area (TPSA) is 65.1 Å².